The minimum absolute atomic E-state index is 0. The summed E-state index contributed by atoms with van der Waals surface area (Å²) in [4.78, 5) is 0. The molecule has 0 heterocycles. The standard InChI is InChI=1S/C12H28N.H2O.Ti/c1-5-9-13(10-6-2,11-7-3)12-8-4;;/h5-12H2,1-4H3;1H2;/q+1;;. The van der Waals surface area contributed by atoms with Crippen LogP contribution in [-0.2, 0) is 21.7 Å². The Hall–Kier alpha value is 0.634. The minimum atomic E-state index is 0. The van der Waals surface area contributed by atoms with Crippen LogP contribution >= 0.6 is 0 Å². The van der Waals surface area contributed by atoms with Gasteiger partial charge in [-0.2, -0.15) is 0 Å². The molecule has 2 N–H and O–H groups in total. The van der Waals surface area contributed by atoms with Crippen molar-refractivity contribution in [1.29, 1.82) is 0 Å². The van der Waals surface area contributed by atoms with Gasteiger partial charge in [0, 0.05) is 21.7 Å². The Bertz CT molecular complexity index is 90.7. The van der Waals surface area contributed by atoms with Crippen LogP contribution < -0.4 is 0 Å². The predicted molar refractivity (Wildman–Crippen MR) is 64.5 cm³/mol. The first-order valence-corrected chi connectivity index (χ1v) is 6.09. The normalized spacial score (nSPS) is 10.4. The van der Waals surface area contributed by atoms with E-state index in [-0.39, 0.29) is 27.2 Å². The van der Waals surface area contributed by atoms with Crippen LogP contribution in [0.15, 0.2) is 0 Å². The Morgan fingerprint density at radius 1 is 0.600 bits per heavy atom. The number of nitrogens with zero attached hydrogens (tertiary/aromatic N) is 1. The molecule has 15 heavy (non-hydrogen) atoms. The fraction of sp³-hybridized carbons (Fsp3) is 1.00. The Balaban J connectivity index is -0.000000720. The van der Waals surface area contributed by atoms with Crippen molar-refractivity contribution in [1.82, 2.24) is 0 Å². The zero-order valence-corrected chi connectivity index (χ0v) is 12.7. The van der Waals surface area contributed by atoms with E-state index in [1.165, 1.54) is 56.3 Å². The topological polar surface area (TPSA) is 31.5 Å². The third-order valence-electron chi connectivity index (χ3n) is 2.79. The summed E-state index contributed by atoms with van der Waals surface area (Å²) >= 11 is 0. The second kappa shape index (κ2) is 12.7. The van der Waals surface area contributed by atoms with Crippen LogP contribution in [0.25, 0.3) is 0 Å². The summed E-state index contributed by atoms with van der Waals surface area (Å²) < 4.78 is 1.38. The first kappa shape index (κ1) is 21.0. The number of quaternary nitrogens is 1. The fourth-order valence-electron chi connectivity index (χ4n) is 2.57. The van der Waals surface area contributed by atoms with E-state index in [0.29, 0.717) is 0 Å². The van der Waals surface area contributed by atoms with Crippen molar-refractivity contribution in [2.45, 2.75) is 53.4 Å². The first-order valence-electron chi connectivity index (χ1n) is 6.09. The maximum atomic E-state index is 2.31. The molecule has 0 bridgehead atoms. The van der Waals surface area contributed by atoms with E-state index in [0.717, 1.165) is 0 Å². The summed E-state index contributed by atoms with van der Waals surface area (Å²) in [6.07, 6.45) is 5.33. The van der Waals surface area contributed by atoms with Gasteiger partial charge in [-0.1, -0.05) is 27.7 Å². The summed E-state index contributed by atoms with van der Waals surface area (Å²) in [6.45, 7) is 14.8. The van der Waals surface area contributed by atoms with Crippen molar-refractivity contribution in [2.24, 2.45) is 0 Å². The van der Waals surface area contributed by atoms with Gasteiger partial charge in [0.15, 0.2) is 0 Å². The molecule has 92 valence electrons. The van der Waals surface area contributed by atoms with Gasteiger partial charge in [-0.15, -0.1) is 0 Å². The van der Waals surface area contributed by atoms with E-state index in [1.54, 1.807) is 0 Å². The maximum Gasteiger partial charge on any atom is 0.0783 e. The van der Waals surface area contributed by atoms with Gasteiger partial charge < -0.3 is 9.96 Å². The summed E-state index contributed by atoms with van der Waals surface area (Å²) in [7, 11) is 0. The smallest absolute Gasteiger partial charge is 0.0783 e. The van der Waals surface area contributed by atoms with Crippen molar-refractivity contribution in [2.75, 3.05) is 26.2 Å². The van der Waals surface area contributed by atoms with E-state index in [4.69, 9.17) is 0 Å². The molecule has 0 aromatic rings. The maximum absolute atomic E-state index is 2.31. The van der Waals surface area contributed by atoms with Crippen molar-refractivity contribution in [3.63, 3.8) is 0 Å². The van der Waals surface area contributed by atoms with E-state index >= 15 is 0 Å². The monoisotopic (exact) mass is 252 g/mol. The van der Waals surface area contributed by atoms with Crippen molar-refractivity contribution >= 4 is 0 Å². The minimum Gasteiger partial charge on any atom is -0.412 e. The predicted octanol–water partition coefficient (Wildman–Crippen LogP) is 2.62. The molecule has 0 aromatic carbocycles. The van der Waals surface area contributed by atoms with Crippen molar-refractivity contribution in [3.05, 3.63) is 0 Å². The molecule has 0 amide bonds. The molecule has 0 aliphatic rings. The molecule has 3 heteroatoms. The molecule has 0 rings (SSSR count). The van der Waals surface area contributed by atoms with E-state index in [9.17, 15) is 0 Å². The number of rotatable bonds is 8. The molecule has 0 unspecified atom stereocenters. The quantitative estimate of drug-likeness (QED) is 0.470. The first-order chi connectivity index (χ1) is 6.24. The van der Waals surface area contributed by atoms with Crippen LogP contribution in [0.1, 0.15) is 53.4 Å². The fourth-order valence-corrected chi connectivity index (χ4v) is 2.57. The van der Waals surface area contributed by atoms with Crippen LogP contribution in [0.4, 0.5) is 0 Å². The van der Waals surface area contributed by atoms with Gasteiger partial charge in [-0.3, -0.25) is 0 Å². The summed E-state index contributed by atoms with van der Waals surface area (Å²) in [5, 5.41) is 0. The van der Waals surface area contributed by atoms with E-state index < -0.39 is 0 Å². The Morgan fingerprint density at radius 3 is 0.933 bits per heavy atom. The van der Waals surface area contributed by atoms with Crippen LogP contribution in [-0.4, -0.2) is 36.1 Å². The molecule has 0 spiro atoms. The second-order valence-corrected chi connectivity index (χ2v) is 4.24. The third-order valence-corrected chi connectivity index (χ3v) is 2.79. The average molecular weight is 252 g/mol. The Kier molecular flexibility index (Phi) is 17.8. The van der Waals surface area contributed by atoms with Crippen molar-refractivity contribution < 1.29 is 31.7 Å². The molecule has 0 atom stereocenters. The second-order valence-electron chi connectivity index (χ2n) is 4.24. The van der Waals surface area contributed by atoms with Crippen LogP contribution in [0, 0.1) is 0 Å². The molecule has 0 saturated carbocycles. The molecule has 0 saturated heterocycles. The Labute approximate surface area is 111 Å². The van der Waals surface area contributed by atoms with Gasteiger partial charge in [0.25, 0.3) is 0 Å². The Morgan fingerprint density at radius 2 is 0.800 bits per heavy atom. The van der Waals surface area contributed by atoms with Crippen molar-refractivity contribution in [3.8, 4) is 0 Å². The van der Waals surface area contributed by atoms with Gasteiger partial charge in [-0.25, -0.2) is 0 Å². The number of hydrogen-bond acceptors (Lipinski definition) is 0. The molecule has 0 aliphatic heterocycles. The van der Waals surface area contributed by atoms with Crippen LogP contribution in [0.2, 0.25) is 0 Å². The van der Waals surface area contributed by atoms with E-state index in [1.807, 2.05) is 0 Å². The summed E-state index contributed by atoms with van der Waals surface area (Å²) in [5.41, 5.74) is 0. The zero-order valence-electron chi connectivity index (χ0n) is 11.1. The average Bonchev–Trinajstić information content (AvgIpc) is 2.06. The molecule has 0 aromatic heterocycles. The SMILES string of the molecule is CCC[N+](CCC)(CCC)CCC.O.[Ti]. The van der Waals surface area contributed by atoms with Gasteiger partial charge in [0.2, 0.25) is 0 Å². The summed E-state index contributed by atoms with van der Waals surface area (Å²) in [6, 6.07) is 0. The number of hydrogen-bond donors (Lipinski definition) is 0. The summed E-state index contributed by atoms with van der Waals surface area (Å²) in [5.74, 6) is 0. The zero-order chi connectivity index (χ0) is 10.2. The van der Waals surface area contributed by atoms with Gasteiger partial charge in [-0.05, 0) is 25.7 Å². The molecule has 0 fully saturated rings. The molecule has 2 nitrogen and oxygen atoms in total. The third kappa shape index (κ3) is 8.44. The van der Waals surface area contributed by atoms with E-state index in [2.05, 4.69) is 27.7 Å². The molecular formula is C12H30NOTi+. The molecule has 0 aliphatic carbocycles. The van der Waals surface area contributed by atoms with Crippen LogP contribution in [0.5, 0.6) is 0 Å². The van der Waals surface area contributed by atoms with Gasteiger partial charge in [0.05, 0.1) is 26.2 Å². The van der Waals surface area contributed by atoms with Gasteiger partial charge in [0.1, 0.15) is 0 Å². The largest absolute Gasteiger partial charge is 0.412 e. The van der Waals surface area contributed by atoms with Crippen LogP contribution in [0.3, 0.4) is 0 Å². The van der Waals surface area contributed by atoms with Gasteiger partial charge >= 0.3 is 0 Å². The molecule has 0 radical (unpaired) electrons. The molecular weight excluding hydrogens is 222 g/mol.